The minimum atomic E-state index is -0.402. The smallest absolute Gasteiger partial charge is 0.224 e. The van der Waals surface area contributed by atoms with Crippen LogP contribution in [0.2, 0.25) is 0 Å². The Kier molecular flexibility index (Phi) is 10.4. The van der Waals surface area contributed by atoms with Crippen LogP contribution in [-0.4, -0.2) is 45.6 Å². The van der Waals surface area contributed by atoms with E-state index in [0.29, 0.717) is 65.7 Å². The number of fused-ring (bicyclic) bond motifs is 3. The molecule has 3 aromatic rings. The van der Waals surface area contributed by atoms with Crippen LogP contribution in [0.15, 0.2) is 53.3 Å². The van der Waals surface area contributed by atoms with E-state index in [1.165, 1.54) is 21.0 Å². The van der Waals surface area contributed by atoms with Crippen molar-refractivity contribution in [3.05, 3.63) is 69.9 Å². The van der Waals surface area contributed by atoms with E-state index in [0.717, 1.165) is 16.7 Å². The molecular weight excluding hydrogens is 564 g/mol. The summed E-state index contributed by atoms with van der Waals surface area (Å²) in [7, 11) is 4.66. The number of benzene rings is 2. The van der Waals surface area contributed by atoms with Crippen LogP contribution in [-0.2, 0) is 20.8 Å². The number of anilines is 3. The first-order valence-corrected chi connectivity index (χ1v) is 14.3. The molecule has 3 amide bonds. The Hall–Kier alpha value is -5.06. The van der Waals surface area contributed by atoms with Gasteiger partial charge in [0.1, 0.15) is 0 Å². The molecule has 0 heterocycles. The van der Waals surface area contributed by atoms with Crippen molar-refractivity contribution in [2.75, 3.05) is 43.8 Å². The second-order valence-corrected chi connectivity index (χ2v) is 10.4. The van der Waals surface area contributed by atoms with Crippen molar-refractivity contribution in [2.24, 2.45) is 0 Å². The van der Waals surface area contributed by atoms with Crippen molar-refractivity contribution in [2.45, 2.75) is 45.6 Å². The zero-order valence-corrected chi connectivity index (χ0v) is 25.6. The molecule has 11 nitrogen and oxygen atoms in total. The van der Waals surface area contributed by atoms with E-state index >= 15 is 0 Å². The molecule has 0 aliphatic heterocycles. The van der Waals surface area contributed by atoms with Crippen LogP contribution in [0.1, 0.15) is 50.3 Å². The van der Waals surface area contributed by atoms with Crippen LogP contribution in [0.25, 0.3) is 11.1 Å². The molecule has 0 spiro atoms. The Bertz CT molecular complexity index is 1610. The lowest BCUT2D eigenvalue weighted by atomic mass is 9.95. The summed E-state index contributed by atoms with van der Waals surface area (Å²) in [4.78, 5) is 49.2. The molecule has 4 rings (SSSR count). The number of carbonyl (C=O) groups is 3. The van der Waals surface area contributed by atoms with Gasteiger partial charge in [-0.1, -0.05) is 6.07 Å². The Labute approximate surface area is 256 Å². The number of hydrogen-bond donors (Lipinski definition) is 4. The van der Waals surface area contributed by atoms with Crippen molar-refractivity contribution in [1.82, 2.24) is 5.32 Å². The number of aryl methyl sites for hydroxylation is 1. The Morgan fingerprint density at radius 3 is 2.14 bits per heavy atom. The molecule has 44 heavy (non-hydrogen) atoms. The fourth-order valence-electron chi connectivity index (χ4n) is 5.39. The summed E-state index contributed by atoms with van der Waals surface area (Å²) < 4.78 is 17.0. The Morgan fingerprint density at radius 1 is 0.841 bits per heavy atom. The summed E-state index contributed by atoms with van der Waals surface area (Å²) in [6.07, 6.45) is 1.89. The first-order chi connectivity index (χ1) is 21.1. The van der Waals surface area contributed by atoms with Gasteiger partial charge in [0.2, 0.25) is 28.9 Å². The quantitative estimate of drug-likeness (QED) is 0.232. The van der Waals surface area contributed by atoms with Crippen molar-refractivity contribution in [3.8, 4) is 28.4 Å². The molecular formula is C33H38N4O7. The van der Waals surface area contributed by atoms with Crippen molar-refractivity contribution in [3.63, 3.8) is 0 Å². The Balaban J connectivity index is 1.55. The van der Waals surface area contributed by atoms with Gasteiger partial charge in [0, 0.05) is 43.8 Å². The highest BCUT2D eigenvalue weighted by atomic mass is 16.5. The normalized spacial score (nSPS) is 13.3. The molecule has 232 valence electrons. The van der Waals surface area contributed by atoms with Crippen molar-refractivity contribution in [1.29, 1.82) is 0 Å². The van der Waals surface area contributed by atoms with Gasteiger partial charge in [-0.2, -0.15) is 0 Å². The monoisotopic (exact) mass is 602 g/mol. The zero-order valence-electron chi connectivity index (χ0n) is 25.6. The summed E-state index contributed by atoms with van der Waals surface area (Å²) >= 11 is 0. The van der Waals surface area contributed by atoms with E-state index in [9.17, 15) is 19.2 Å². The number of rotatable bonds is 11. The average molecular weight is 603 g/mol. The van der Waals surface area contributed by atoms with Crippen LogP contribution < -0.4 is 40.9 Å². The summed E-state index contributed by atoms with van der Waals surface area (Å²) in [6.45, 7) is 3.27. The predicted octanol–water partition coefficient (Wildman–Crippen LogP) is 4.65. The molecule has 3 aromatic carbocycles. The van der Waals surface area contributed by atoms with Gasteiger partial charge in [-0.15, -0.1) is 0 Å². The van der Waals surface area contributed by atoms with Gasteiger partial charge >= 0.3 is 0 Å². The molecule has 0 saturated carbocycles. The second kappa shape index (κ2) is 14.4. The average Bonchev–Trinajstić information content (AvgIpc) is 3.23. The summed E-state index contributed by atoms with van der Waals surface area (Å²) in [5.41, 5.74) is 4.52. The molecule has 0 fully saturated rings. The minimum absolute atomic E-state index is 0.169. The molecule has 0 bridgehead atoms. The zero-order chi connectivity index (χ0) is 31.8. The van der Waals surface area contributed by atoms with Crippen molar-refractivity contribution >= 4 is 34.8 Å². The number of amides is 3. The van der Waals surface area contributed by atoms with E-state index in [4.69, 9.17) is 14.2 Å². The lowest BCUT2D eigenvalue weighted by molar-refractivity contribution is -0.120. The number of methoxy groups -OCH3 is 3. The van der Waals surface area contributed by atoms with Crippen LogP contribution >= 0.6 is 0 Å². The van der Waals surface area contributed by atoms with E-state index in [1.54, 1.807) is 50.6 Å². The van der Waals surface area contributed by atoms with E-state index in [1.807, 2.05) is 12.1 Å². The maximum Gasteiger partial charge on any atom is 0.224 e. The van der Waals surface area contributed by atoms with Gasteiger partial charge in [-0.3, -0.25) is 19.2 Å². The van der Waals surface area contributed by atoms with Gasteiger partial charge in [-0.05, 0) is 78.4 Å². The lowest BCUT2D eigenvalue weighted by Crippen LogP contribution is -2.26. The highest BCUT2D eigenvalue weighted by Crippen LogP contribution is 2.50. The summed E-state index contributed by atoms with van der Waals surface area (Å²) in [5.74, 6) is 0.908. The van der Waals surface area contributed by atoms with Gasteiger partial charge in [-0.25, -0.2) is 0 Å². The van der Waals surface area contributed by atoms with Gasteiger partial charge in [0.15, 0.2) is 11.5 Å². The highest BCUT2D eigenvalue weighted by molar-refractivity contribution is 5.92. The number of ether oxygens (including phenoxy) is 3. The molecule has 0 aromatic heterocycles. The lowest BCUT2D eigenvalue weighted by Gasteiger charge is -2.19. The van der Waals surface area contributed by atoms with Gasteiger partial charge in [0.05, 0.1) is 33.1 Å². The number of nitrogens with one attached hydrogen (secondary N) is 4. The maximum atomic E-state index is 13.4. The third kappa shape index (κ3) is 7.47. The summed E-state index contributed by atoms with van der Waals surface area (Å²) in [5, 5.41) is 11.7. The first-order valence-electron chi connectivity index (χ1n) is 14.3. The van der Waals surface area contributed by atoms with E-state index in [-0.39, 0.29) is 29.6 Å². The minimum Gasteiger partial charge on any atom is -0.493 e. The first kappa shape index (κ1) is 31.9. The standard InChI is InChI=1S/C33H38N4O7/c1-19(38)35-22-9-11-23(12-10-22)37-30(41)7-6-16-34-27-15-13-24-25(18-28(27)40)26(36-20(2)39)14-8-21-17-29(42-3)32(43-4)33(44-5)31(21)24/h9-13,15,17-18,26H,6-8,14,16H2,1-5H3,(H,34,40)(H,35,38)(H,36,39)(H,37,41). The largest absolute Gasteiger partial charge is 0.493 e. The van der Waals surface area contributed by atoms with Crippen LogP contribution in [0, 0.1) is 0 Å². The van der Waals surface area contributed by atoms with Gasteiger partial charge in [0.25, 0.3) is 0 Å². The molecule has 0 saturated heterocycles. The van der Waals surface area contributed by atoms with Crippen LogP contribution in [0.4, 0.5) is 17.1 Å². The fourth-order valence-corrected chi connectivity index (χ4v) is 5.39. The molecule has 11 heteroatoms. The fraction of sp³-hybridized carbons (Fsp3) is 0.333. The molecule has 1 aliphatic rings. The predicted molar refractivity (Wildman–Crippen MR) is 170 cm³/mol. The molecule has 0 radical (unpaired) electrons. The van der Waals surface area contributed by atoms with Crippen molar-refractivity contribution < 1.29 is 28.6 Å². The third-order valence-corrected chi connectivity index (χ3v) is 7.30. The topological polar surface area (TPSA) is 144 Å². The molecule has 1 aliphatic carbocycles. The number of carbonyl (C=O) groups excluding carboxylic acids is 3. The SMILES string of the molecule is COc1cc2c(c(OC)c1OC)-c1ccc(NCCCC(=O)Nc3ccc(NC(C)=O)cc3)c(=O)cc1C(NC(C)=O)CC2. The summed E-state index contributed by atoms with van der Waals surface area (Å²) in [6, 6.07) is 13.5. The van der Waals surface area contributed by atoms with Crippen LogP contribution in [0.3, 0.4) is 0 Å². The van der Waals surface area contributed by atoms with E-state index in [2.05, 4.69) is 21.3 Å². The highest BCUT2D eigenvalue weighted by Gasteiger charge is 2.29. The number of hydrogen-bond acceptors (Lipinski definition) is 8. The second-order valence-electron chi connectivity index (χ2n) is 10.4. The van der Waals surface area contributed by atoms with Crippen LogP contribution in [0.5, 0.6) is 17.2 Å². The third-order valence-electron chi connectivity index (χ3n) is 7.30. The maximum absolute atomic E-state index is 13.4. The molecule has 1 atom stereocenters. The molecule has 1 unspecified atom stereocenters. The van der Waals surface area contributed by atoms with E-state index < -0.39 is 6.04 Å². The Morgan fingerprint density at radius 2 is 1.52 bits per heavy atom. The van der Waals surface area contributed by atoms with Gasteiger partial charge < -0.3 is 35.5 Å². The molecule has 4 N–H and O–H groups in total.